The SMILES string of the molecule is CCN(C1CCCCC1)[C@@H]1CN(C(=O)OC(C)(C)C)CC1(F)F. The smallest absolute Gasteiger partial charge is 0.410 e. The molecule has 1 aliphatic heterocycles. The van der Waals surface area contributed by atoms with Gasteiger partial charge in [-0.15, -0.1) is 0 Å². The van der Waals surface area contributed by atoms with E-state index in [0.717, 1.165) is 25.7 Å². The van der Waals surface area contributed by atoms with Crippen LogP contribution in [0.15, 0.2) is 0 Å². The number of hydrogen-bond donors (Lipinski definition) is 0. The van der Waals surface area contributed by atoms with Crippen LogP contribution in [0.5, 0.6) is 0 Å². The molecule has 1 aliphatic carbocycles. The Labute approximate surface area is 138 Å². The lowest BCUT2D eigenvalue weighted by atomic mass is 9.92. The maximum absolute atomic E-state index is 14.6. The van der Waals surface area contributed by atoms with Gasteiger partial charge in [0, 0.05) is 12.6 Å². The van der Waals surface area contributed by atoms with Crippen molar-refractivity contribution in [2.45, 2.75) is 83.4 Å². The van der Waals surface area contributed by atoms with Gasteiger partial charge in [0.25, 0.3) is 5.92 Å². The van der Waals surface area contributed by atoms with E-state index in [1.807, 2.05) is 11.8 Å². The molecule has 1 atom stereocenters. The minimum atomic E-state index is -2.88. The van der Waals surface area contributed by atoms with Crippen molar-refractivity contribution in [1.29, 1.82) is 0 Å². The molecule has 2 fully saturated rings. The number of amides is 1. The summed E-state index contributed by atoms with van der Waals surface area (Å²) in [6.45, 7) is 7.26. The van der Waals surface area contributed by atoms with Crippen LogP contribution in [0.25, 0.3) is 0 Å². The summed E-state index contributed by atoms with van der Waals surface area (Å²) in [5, 5.41) is 0. The number of halogens is 2. The van der Waals surface area contributed by atoms with Gasteiger partial charge < -0.3 is 9.64 Å². The maximum atomic E-state index is 14.6. The Morgan fingerprint density at radius 2 is 1.87 bits per heavy atom. The Kier molecular flexibility index (Phi) is 5.54. The lowest BCUT2D eigenvalue weighted by Crippen LogP contribution is -2.52. The van der Waals surface area contributed by atoms with E-state index in [0.29, 0.717) is 6.54 Å². The van der Waals surface area contributed by atoms with Gasteiger partial charge in [-0.25, -0.2) is 13.6 Å². The van der Waals surface area contributed by atoms with Crippen LogP contribution >= 0.6 is 0 Å². The van der Waals surface area contributed by atoms with Gasteiger partial charge in [0.1, 0.15) is 5.60 Å². The summed E-state index contributed by atoms with van der Waals surface area (Å²) in [4.78, 5) is 15.2. The van der Waals surface area contributed by atoms with Crippen molar-refractivity contribution in [1.82, 2.24) is 9.80 Å². The number of carbonyl (C=O) groups is 1. The third kappa shape index (κ3) is 4.55. The molecule has 0 radical (unpaired) electrons. The van der Waals surface area contributed by atoms with Crippen molar-refractivity contribution >= 4 is 6.09 Å². The fourth-order valence-corrected chi connectivity index (χ4v) is 3.73. The van der Waals surface area contributed by atoms with Crippen molar-refractivity contribution in [3.8, 4) is 0 Å². The molecule has 2 rings (SSSR count). The topological polar surface area (TPSA) is 32.8 Å². The van der Waals surface area contributed by atoms with E-state index in [2.05, 4.69) is 0 Å². The lowest BCUT2D eigenvalue weighted by Gasteiger charge is -2.39. The highest BCUT2D eigenvalue weighted by atomic mass is 19.3. The summed E-state index contributed by atoms with van der Waals surface area (Å²) in [7, 11) is 0. The Morgan fingerprint density at radius 1 is 1.26 bits per heavy atom. The van der Waals surface area contributed by atoms with Crippen LogP contribution in [-0.4, -0.2) is 59.1 Å². The van der Waals surface area contributed by atoms with Crippen molar-refractivity contribution in [2.75, 3.05) is 19.6 Å². The minimum Gasteiger partial charge on any atom is -0.444 e. The Morgan fingerprint density at radius 3 is 2.39 bits per heavy atom. The third-order valence-electron chi connectivity index (χ3n) is 4.74. The number of alkyl halides is 2. The fraction of sp³-hybridized carbons (Fsp3) is 0.941. The van der Waals surface area contributed by atoms with Gasteiger partial charge in [-0.2, -0.15) is 0 Å². The summed E-state index contributed by atoms with van der Waals surface area (Å²) in [6.07, 6.45) is 4.72. The molecule has 0 unspecified atom stereocenters. The predicted octanol–water partition coefficient (Wildman–Crippen LogP) is 3.90. The van der Waals surface area contributed by atoms with Gasteiger partial charge in [-0.05, 0) is 40.2 Å². The van der Waals surface area contributed by atoms with E-state index in [1.165, 1.54) is 11.3 Å². The van der Waals surface area contributed by atoms with Gasteiger partial charge in [-0.1, -0.05) is 26.2 Å². The van der Waals surface area contributed by atoms with E-state index in [-0.39, 0.29) is 12.6 Å². The van der Waals surface area contributed by atoms with E-state index >= 15 is 0 Å². The zero-order valence-electron chi connectivity index (χ0n) is 14.8. The molecule has 1 heterocycles. The van der Waals surface area contributed by atoms with E-state index in [9.17, 15) is 13.6 Å². The molecule has 1 saturated carbocycles. The molecule has 1 amide bonds. The third-order valence-corrected chi connectivity index (χ3v) is 4.74. The second-order valence-electron chi connectivity index (χ2n) is 7.76. The minimum absolute atomic E-state index is 0.0479. The van der Waals surface area contributed by atoms with Crippen LogP contribution in [0.1, 0.15) is 59.8 Å². The molecule has 0 aromatic rings. The highest BCUT2D eigenvalue weighted by Crippen LogP contribution is 2.35. The number of ether oxygens (including phenoxy) is 1. The summed E-state index contributed by atoms with van der Waals surface area (Å²) in [5.74, 6) is -2.88. The zero-order valence-corrected chi connectivity index (χ0v) is 14.8. The molecule has 134 valence electrons. The average Bonchev–Trinajstić information content (AvgIpc) is 2.75. The van der Waals surface area contributed by atoms with Crippen LogP contribution in [0.3, 0.4) is 0 Å². The molecule has 6 heteroatoms. The Bertz CT molecular complexity index is 417. The molecule has 0 spiro atoms. The molecular weight excluding hydrogens is 302 g/mol. The molecule has 0 aromatic carbocycles. The fourth-order valence-electron chi connectivity index (χ4n) is 3.73. The van der Waals surface area contributed by atoms with Crippen molar-refractivity contribution < 1.29 is 18.3 Å². The van der Waals surface area contributed by atoms with E-state index in [1.54, 1.807) is 20.8 Å². The molecule has 0 N–H and O–H groups in total. The average molecular weight is 332 g/mol. The standard InChI is InChI=1S/C17H30F2N2O2/c1-5-21(13-9-7-6-8-10-13)14-11-20(12-17(14,18)19)15(22)23-16(2,3)4/h13-14H,5-12H2,1-4H3/t14-/m1/s1. The van der Waals surface area contributed by atoms with Crippen LogP contribution in [0.2, 0.25) is 0 Å². The maximum Gasteiger partial charge on any atom is 0.410 e. The van der Waals surface area contributed by atoms with Crippen molar-refractivity contribution in [3.63, 3.8) is 0 Å². The summed E-state index contributed by atoms with van der Waals surface area (Å²) in [6, 6.07) is -0.689. The first kappa shape index (κ1) is 18.4. The second kappa shape index (κ2) is 6.91. The molecule has 0 aromatic heterocycles. The highest BCUT2D eigenvalue weighted by molar-refractivity contribution is 5.68. The second-order valence-corrected chi connectivity index (χ2v) is 7.76. The van der Waals surface area contributed by atoms with Crippen LogP contribution in [0, 0.1) is 0 Å². The number of nitrogens with zero attached hydrogens (tertiary/aromatic N) is 2. The van der Waals surface area contributed by atoms with Gasteiger partial charge in [0.2, 0.25) is 0 Å². The van der Waals surface area contributed by atoms with Crippen LogP contribution < -0.4 is 0 Å². The van der Waals surface area contributed by atoms with Crippen LogP contribution in [0.4, 0.5) is 13.6 Å². The van der Waals surface area contributed by atoms with Crippen molar-refractivity contribution in [2.24, 2.45) is 0 Å². The largest absolute Gasteiger partial charge is 0.444 e. The summed E-state index contributed by atoms with van der Waals surface area (Å²) < 4.78 is 34.4. The molecule has 2 aliphatic rings. The molecular formula is C17H30F2N2O2. The summed E-state index contributed by atoms with van der Waals surface area (Å²) >= 11 is 0. The Hall–Kier alpha value is -0.910. The first-order valence-corrected chi connectivity index (χ1v) is 8.75. The lowest BCUT2D eigenvalue weighted by molar-refractivity contribution is -0.0654. The monoisotopic (exact) mass is 332 g/mol. The number of likely N-dealkylation sites (tertiary alicyclic amines) is 1. The first-order valence-electron chi connectivity index (χ1n) is 8.75. The van der Waals surface area contributed by atoms with Gasteiger partial charge in [-0.3, -0.25) is 4.90 Å². The molecule has 4 nitrogen and oxygen atoms in total. The molecule has 1 saturated heterocycles. The number of carbonyl (C=O) groups excluding carboxylic acids is 1. The van der Waals surface area contributed by atoms with Gasteiger partial charge in [0.05, 0.1) is 12.6 Å². The Balaban J connectivity index is 2.07. The first-order chi connectivity index (χ1) is 10.6. The zero-order chi connectivity index (χ0) is 17.3. The van der Waals surface area contributed by atoms with Gasteiger partial charge in [0.15, 0.2) is 0 Å². The molecule has 0 bridgehead atoms. The normalized spacial score (nSPS) is 25.9. The van der Waals surface area contributed by atoms with Gasteiger partial charge >= 0.3 is 6.09 Å². The number of likely N-dealkylation sites (N-methyl/N-ethyl adjacent to an activating group) is 1. The van der Waals surface area contributed by atoms with E-state index < -0.39 is 30.2 Å². The van der Waals surface area contributed by atoms with Crippen LogP contribution in [-0.2, 0) is 4.74 Å². The number of rotatable bonds is 3. The summed E-state index contributed by atoms with van der Waals surface area (Å²) in [5.41, 5.74) is -0.668. The van der Waals surface area contributed by atoms with E-state index in [4.69, 9.17) is 4.74 Å². The predicted molar refractivity (Wildman–Crippen MR) is 85.8 cm³/mol. The quantitative estimate of drug-likeness (QED) is 0.786. The molecule has 23 heavy (non-hydrogen) atoms. The van der Waals surface area contributed by atoms with Crippen molar-refractivity contribution in [3.05, 3.63) is 0 Å². The number of hydrogen-bond acceptors (Lipinski definition) is 3. The highest BCUT2D eigenvalue weighted by Gasteiger charge is 2.53.